The number of alkyl halides is 3. The summed E-state index contributed by atoms with van der Waals surface area (Å²) < 4.78 is 39.7. The molecular formula is C23H21ClF3N9O3S. The van der Waals surface area contributed by atoms with Gasteiger partial charge in [0.05, 0.1) is 28.8 Å². The van der Waals surface area contributed by atoms with Gasteiger partial charge in [-0.15, -0.1) is 0 Å². The van der Waals surface area contributed by atoms with E-state index in [0.717, 1.165) is 17.0 Å². The van der Waals surface area contributed by atoms with Crippen LogP contribution in [-0.2, 0) is 17.8 Å². The zero-order chi connectivity index (χ0) is 29.0. The molecule has 0 spiro atoms. The summed E-state index contributed by atoms with van der Waals surface area (Å²) in [5.74, 6) is -1.39. The Labute approximate surface area is 233 Å². The molecule has 0 radical (unpaired) electrons. The molecule has 0 saturated carbocycles. The molecule has 12 nitrogen and oxygen atoms in total. The molecule has 4 N–H and O–H groups in total. The van der Waals surface area contributed by atoms with E-state index in [9.17, 15) is 13.2 Å². The summed E-state index contributed by atoms with van der Waals surface area (Å²) >= 11 is 7.95. The van der Waals surface area contributed by atoms with Crippen LogP contribution in [0.25, 0.3) is 22.1 Å². The summed E-state index contributed by atoms with van der Waals surface area (Å²) in [4.78, 5) is 39.4. The lowest BCUT2D eigenvalue weighted by Gasteiger charge is -2.09. The lowest BCUT2D eigenvalue weighted by molar-refractivity contribution is -0.192. The van der Waals surface area contributed by atoms with Crippen LogP contribution < -0.4 is 10.5 Å². The molecule has 0 aliphatic carbocycles. The Balaban J connectivity index is 0.000000470. The summed E-state index contributed by atoms with van der Waals surface area (Å²) in [5, 5.41) is 8.88. The average Bonchev–Trinajstić information content (AvgIpc) is 3.51. The second-order valence-corrected chi connectivity index (χ2v) is 9.47. The van der Waals surface area contributed by atoms with Crippen molar-refractivity contribution >= 4 is 57.2 Å². The molecule has 0 fully saturated rings. The summed E-state index contributed by atoms with van der Waals surface area (Å²) in [6.45, 7) is 4.85. The van der Waals surface area contributed by atoms with Gasteiger partial charge in [0.2, 0.25) is 5.88 Å². The number of fused-ring (bicyclic) bond motifs is 2. The number of nitrogen functional groups attached to an aromatic ring is 1. The highest BCUT2D eigenvalue weighted by Gasteiger charge is 2.38. The molecule has 0 aliphatic heterocycles. The molecule has 0 saturated heterocycles. The van der Waals surface area contributed by atoms with Gasteiger partial charge in [0, 0.05) is 29.2 Å². The smallest absolute Gasteiger partial charge is 0.475 e. The number of ether oxygens (including phenoxy) is 1. The van der Waals surface area contributed by atoms with Crippen molar-refractivity contribution in [3.05, 3.63) is 47.5 Å². The van der Waals surface area contributed by atoms with E-state index in [0.29, 0.717) is 62.9 Å². The zero-order valence-electron chi connectivity index (χ0n) is 20.9. The third-order valence-electron chi connectivity index (χ3n) is 5.21. The van der Waals surface area contributed by atoms with E-state index < -0.39 is 12.1 Å². The normalized spacial score (nSPS) is 11.4. The zero-order valence-corrected chi connectivity index (χ0v) is 22.5. The molecule has 0 atom stereocenters. The first-order valence-corrected chi connectivity index (χ1v) is 12.7. The van der Waals surface area contributed by atoms with Gasteiger partial charge < -0.3 is 25.1 Å². The Morgan fingerprint density at radius 2 is 2.02 bits per heavy atom. The predicted octanol–water partition coefficient (Wildman–Crippen LogP) is 4.46. The Hall–Kier alpha value is -4.18. The molecule has 0 unspecified atom stereocenters. The third-order valence-corrected chi connectivity index (χ3v) is 6.45. The highest BCUT2D eigenvalue weighted by molar-refractivity contribution is 7.99. The number of hydrogen-bond acceptors (Lipinski definition) is 10. The van der Waals surface area contributed by atoms with Crippen LogP contribution in [0.15, 0.2) is 41.0 Å². The van der Waals surface area contributed by atoms with Crippen molar-refractivity contribution in [2.24, 2.45) is 0 Å². The van der Waals surface area contributed by atoms with Gasteiger partial charge in [-0.3, -0.25) is 0 Å². The lowest BCUT2D eigenvalue weighted by atomic mass is 10.3. The number of hydrogen-bond donors (Lipinski definition) is 3. The molecular weight excluding hydrogens is 575 g/mol. The number of aryl methyl sites for hydroxylation is 2. The third kappa shape index (κ3) is 6.69. The van der Waals surface area contributed by atoms with Gasteiger partial charge in [0.25, 0.3) is 0 Å². The van der Waals surface area contributed by atoms with E-state index in [2.05, 4.69) is 34.9 Å². The fourth-order valence-electron chi connectivity index (χ4n) is 3.42. The summed E-state index contributed by atoms with van der Waals surface area (Å²) in [5.41, 5.74) is 8.71. The SMILES string of the molecule is CCc1[nH]c2nc(Sc3cnc4c(N)nc(C)nc4c3)nc(OCCn3ccnc3)c2c1Cl.O=C(O)C(F)(F)F. The molecule has 0 amide bonds. The van der Waals surface area contributed by atoms with Gasteiger partial charge >= 0.3 is 12.1 Å². The number of H-pyrrole nitrogens is 1. The second-order valence-electron chi connectivity index (χ2n) is 8.05. The first-order valence-electron chi connectivity index (χ1n) is 11.5. The van der Waals surface area contributed by atoms with E-state index in [1.807, 2.05) is 23.8 Å². The van der Waals surface area contributed by atoms with Gasteiger partial charge in [-0.05, 0) is 31.2 Å². The van der Waals surface area contributed by atoms with Crippen molar-refractivity contribution in [3.8, 4) is 5.88 Å². The minimum atomic E-state index is -5.08. The number of halogens is 4. The maximum atomic E-state index is 10.6. The van der Waals surface area contributed by atoms with Crippen LogP contribution in [0, 0.1) is 6.92 Å². The van der Waals surface area contributed by atoms with Crippen molar-refractivity contribution < 1.29 is 27.8 Å². The Morgan fingerprint density at radius 3 is 2.67 bits per heavy atom. The highest BCUT2D eigenvalue weighted by Crippen LogP contribution is 2.36. The van der Waals surface area contributed by atoms with Gasteiger partial charge in [-0.25, -0.2) is 29.7 Å². The lowest BCUT2D eigenvalue weighted by Crippen LogP contribution is -2.21. The van der Waals surface area contributed by atoms with Crippen molar-refractivity contribution in [2.45, 2.75) is 43.0 Å². The van der Waals surface area contributed by atoms with Crippen LogP contribution in [0.3, 0.4) is 0 Å². The quantitative estimate of drug-likeness (QED) is 0.227. The molecule has 5 heterocycles. The van der Waals surface area contributed by atoms with E-state index >= 15 is 0 Å². The van der Waals surface area contributed by atoms with Crippen LogP contribution >= 0.6 is 23.4 Å². The number of nitrogens with two attached hydrogens (primary N) is 1. The molecule has 40 heavy (non-hydrogen) atoms. The van der Waals surface area contributed by atoms with Crippen LogP contribution in [0.4, 0.5) is 19.0 Å². The first-order chi connectivity index (χ1) is 19.0. The molecule has 5 aromatic rings. The van der Waals surface area contributed by atoms with Gasteiger partial charge in [-0.2, -0.15) is 18.2 Å². The number of aliphatic carboxylic acids is 1. The average molecular weight is 596 g/mol. The second kappa shape index (κ2) is 11.9. The summed E-state index contributed by atoms with van der Waals surface area (Å²) in [6.07, 6.45) is 2.70. The van der Waals surface area contributed by atoms with Crippen molar-refractivity contribution in [3.63, 3.8) is 0 Å². The van der Waals surface area contributed by atoms with Crippen LogP contribution in [0.5, 0.6) is 5.88 Å². The van der Waals surface area contributed by atoms with Crippen LogP contribution in [0.1, 0.15) is 18.4 Å². The number of carboxylic acids is 1. The van der Waals surface area contributed by atoms with Gasteiger partial charge in [0.15, 0.2) is 11.0 Å². The number of aromatic amines is 1. The minimum absolute atomic E-state index is 0.355. The number of carbonyl (C=O) groups is 1. The molecule has 17 heteroatoms. The standard InChI is InChI=1S/C21H20ClN9OS.C2HF3O2/c1-3-13-16(22)15-19(28-13)29-21(30-20(15)32-7-6-31-5-4-24-10-31)33-12-8-14-17(25-9-12)18(23)27-11(2)26-14;3-2(4,5)1(6)7/h4-5,8-10H,3,6-7H2,1-2H3,(H2,23,26,27)(H,28,29,30);(H,6,7). The minimum Gasteiger partial charge on any atom is -0.475 e. The first kappa shape index (κ1) is 28.8. The fraction of sp³-hybridized carbons (Fsp3) is 0.261. The number of aromatic nitrogens is 8. The van der Waals surface area contributed by atoms with E-state index in [4.69, 9.17) is 32.0 Å². The van der Waals surface area contributed by atoms with E-state index in [1.54, 1.807) is 25.6 Å². The molecule has 0 bridgehead atoms. The number of anilines is 1. The number of pyridine rings is 1. The number of nitrogens with one attached hydrogen (secondary N) is 1. The Morgan fingerprint density at radius 1 is 1.27 bits per heavy atom. The van der Waals surface area contributed by atoms with Gasteiger partial charge in [0.1, 0.15) is 23.6 Å². The number of rotatable bonds is 7. The molecule has 0 aliphatic rings. The summed E-state index contributed by atoms with van der Waals surface area (Å²) in [6, 6.07) is 1.89. The fourth-order valence-corrected chi connectivity index (χ4v) is 4.53. The van der Waals surface area contributed by atoms with Crippen LogP contribution in [-0.4, -0.2) is 63.3 Å². The van der Waals surface area contributed by atoms with Crippen LogP contribution in [0.2, 0.25) is 5.02 Å². The molecule has 5 rings (SSSR count). The number of carboxylic acid groups (broad SMARTS) is 1. The Bertz CT molecular complexity index is 1660. The van der Waals surface area contributed by atoms with Crippen molar-refractivity contribution in [1.82, 2.24) is 39.5 Å². The van der Waals surface area contributed by atoms with Crippen molar-refractivity contribution in [2.75, 3.05) is 12.3 Å². The van der Waals surface area contributed by atoms with E-state index in [1.165, 1.54) is 11.8 Å². The number of imidazole rings is 1. The number of nitrogens with zero attached hydrogens (tertiary/aromatic N) is 7. The predicted molar refractivity (Wildman–Crippen MR) is 140 cm³/mol. The highest BCUT2D eigenvalue weighted by atomic mass is 35.5. The van der Waals surface area contributed by atoms with Gasteiger partial charge in [-0.1, -0.05) is 18.5 Å². The Kier molecular flexibility index (Phi) is 8.58. The maximum Gasteiger partial charge on any atom is 0.490 e. The maximum absolute atomic E-state index is 10.6. The largest absolute Gasteiger partial charge is 0.490 e. The van der Waals surface area contributed by atoms with E-state index in [-0.39, 0.29) is 0 Å². The molecule has 5 aromatic heterocycles. The summed E-state index contributed by atoms with van der Waals surface area (Å²) in [7, 11) is 0. The molecule has 210 valence electrons. The van der Waals surface area contributed by atoms with Crippen molar-refractivity contribution in [1.29, 1.82) is 0 Å². The molecule has 0 aromatic carbocycles. The monoisotopic (exact) mass is 595 g/mol. The topological polar surface area (TPSA) is 171 Å².